The lowest BCUT2D eigenvalue weighted by Gasteiger charge is -2.19. The summed E-state index contributed by atoms with van der Waals surface area (Å²) in [6, 6.07) is 3.57. The summed E-state index contributed by atoms with van der Waals surface area (Å²) in [6.07, 6.45) is 2.49. The maximum Gasteiger partial charge on any atom is 0.432 e. The molecule has 0 bridgehead atoms. The molecule has 0 aliphatic carbocycles. The molecule has 0 atom stereocenters. The third-order valence-electron chi connectivity index (χ3n) is 1.93. The molecule has 6 nitrogen and oxygen atoms in total. The number of nitrogens with one attached hydrogen (secondary N) is 1. The van der Waals surface area contributed by atoms with Crippen LogP contribution in [0.3, 0.4) is 0 Å². The Balaban J connectivity index is 2.16. The van der Waals surface area contributed by atoms with Crippen molar-refractivity contribution in [2.45, 2.75) is 26.3 Å². The van der Waals surface area contributed by atoms with Crippen molar-refractivity contribution in [1.29, 1.82) is 0 Å². The lowest BCUT2D eigenvalue weighted by atomic mass is 10.1. The van der Waals surface area contributed by atoms with Crippen LogP contribution >= 0.6 is 0 Å². The van der Waals surface area contributed by atoms with E-state index >= 15 is 0 Å². The average Bonchev–Trinajstić information content (AvgIpc) is 2.59. The van der Waals surface area contributed by atoms with E-state index in [2.05, 4.69) is 15.3 Å². The van der Waals surface area contributed by atoms with Crippen molar-refractivity contribution in [2.24, 2.45) is 0 Å². The molecule has 17 heavy (non-hydrogen) atoms. The molecule has 2 rings (SSSR count). The van der Waals surface area contributed by atoms with E-state index in [9.17, 15) is 4.79 Å². The van der Waals surface area contributed by atoms with Gasteiger partial charge in [-0.1, -0.05) is 0 Å². The zero-order valence-electron chi connectivity index (χ0n) is 9.97. The summed E-state index contributed by atoms with van der Waals surface area (Å²) in [5.41, 5.74) is 0.841. The normalized spacial score (nSPS) is 11.5. The highest BCUT2D eigenvalue weighted by Crippen LogP contribution is 2.07. The molecule has 6 heteroatoms. The van der Waals surface area contributed by atoms with Gasteiger partial charge in [-0.05, 0) is 32.9 Å². The van der Waals surface area contributed by atoms with Crippen LogP contribution in [0.1, 0.15) is 20.8 Å². The molecule has 1 amide bonds. The van der Waals surface area contributed by atoms with Gasteiger partial charge in [0.1, 0.15) is 11.8 Å². The summed E-state index contributed by atoms with van der Waals surface area (Å²) in [7, 11) is 0. The summed E-state index contributed by atoms with van der Waals surface area (Å²) in [5, 5.41) is 2.68. The molecule has 0 aliphatic rings. The highest BCUT2D eigenvalue weighted by atomic mass is 16.7. The highest BCUT2D eigenvalue weighted by Gasteiger charge is 2.16. The zero-order valence-corrected chi connectivity index (χ0v) is 9.97. The number of carbonyl (C=O) groups is 1. The quantitative estimate of drug-likeness (QED) is 0.809. The van der Waals surface area contributed by atoms with Crippen molar-refractivity contribution >= 4 is 17.3 Å². The van der Waals surface area contributed by atoms with Crippen LogP contribution in [-0.4, -0.2) is 26.3 Å². The van der Waals surface area contributed by atoms with Crippen molar-refractivity contribution in [2.75, 3.05) is 0 Å². The number of rotatable bonds is 1. The summed E-state index contributed by atoms with van der Waals surface area (Å²) >= 11 is 0. The molecule has 0 aliphatic heterocycles. The first-order valence-electron chi connectivity index (χ1n) is 5.24. The number of fused-ring (bicyclic) bond motifs is 1. The number of imidazole rings is 1. The fraction of sp³-hybridized carbons (Fsp3) is 0.364. The van der Waals surface area contributed by atoms with Gasteiger partial charge in [0, 0.05) is 11.7 Å². The topological polar surface area (TPSA) is 69.0 Å². The van der Waals surface area contributed by atoms with Crippen molar-refractivity contribution in [1.82, 2.24) is 20.0 Å². The largest absolute Gasteiger partial charge is 0.432 e. The fourth-order valence-corrected chi connectivity index (χ4v) is 1.31. The Morgan fingerprint density at radius 1 is 1.41 bits per heavy atom. The Hall–Kier alpha value is -2.11. The lowest BCUT2D eigenvalue weighted by molar-refractivity contribution is 0.129. The monoisotopic (exact) mass is 234 g/mol. The Bertz CT molecular complexity index is 542. The van der Waals surface area contributed by atoms with Crippen molar-refractivity contribution < 1.29 is 9.63 Å². The minimum Gasteiger partial charge on any atom is -0.315 e. The van der Waals surface area contributed by atoms with Gasteiger partial charge >= 0.3 is 6.09 Å². The molecule has 1 N–H and O–H groups in total. The Labute approximate surface area is 98.6 Å². The number of hydrogen-bond acceptors (Lipinski definition) is 4. The predicted octanol–water partition coefficient (Wildman–Crippen LogP) is 1.37. The van der Waals surface area contributed by atoms with Gasteiger partial charge in [-0.2, -0.15) is 0 Å². The Morgan fingerprint density at radius 2 is 2.18 bits per heavy atom. The molecule has 2 aromatic rings. The van der Waals surface area contributed by atoms with Gasteiger partial charge in [0.15, 0.2) is 5.65 Å². The number of aromatic nitrogens is 3. The SMILES string of the molecule is CC(C)(C)NC(=O)On1cnc2cccnc21. The standard InChI is InChI=1S/C11H14N4O2/c1-11(2,3)14-10(16)17-15-7-13-8-5-4-6-12-9(8)15/h4-7H,1-3H3,(H,14,16). The van der Waals surface area contributed by atoms with E-state index in [1.807, 2.05) is 20.8 Å². The second-order valence-electron chi connectivity index (χ2n) is 4.67. The smallest absolute Gasteiger partial charge is 0.315 e. The fourth-order valence-electron chi connectivity index (χ4n) is 1.31. The van der Waals surface area contributed by atoms with Crippen LogP contribution in [-0.2, 0) is 0 Å². The van der Waals surface area contributed by atoms with Crippen molar-refractivity contribution in [3.63, 3.8) is 0 Å². The van der Waals surface area contributed by atoms with Crippen LogP contribution in [0.25, 0.3) is 11.2 Å². The molecular weight excluding hydrogens is 220 g/mol. The summed E-state index contributed by atoms with van der Waals surface area (Å²) in [6.45, 7) is 5.62. The van der Waals surface area contributed by atoms with Crippen molar-refractivity contribution in [3.05, 3.63) is 24.7 Å². The minimum atomic E-state index is -0.539. The molecule has 0 aromatic carbocycles. The lowest BCUT2D eigenvalue weighted by Crippen LogP contribution is -2.44. The summed E-state index contributed by atoms with van der Waals surface area (Å²) in [5.74, 6) is 0. The number of carbonyl (C=O) groups excluding carboxylic acids is 1. The van der Waals surface area contributed by atoms with Crippen LogP contribution in [0.2, 0.25) is 0 Å². The molecule has 0 spiro atoms. The number of hydrogen-bond donors (Lipinski definition) is 1. The summed E-state index contributed by atoms with van der Waals surface area (Å²) in [4.78, 5) is 24.8. The van der Waals surface area contributed by atoms with E-state index in [1.54, 1.807) is 18.3 Å². The number of nitrogens with zero attached hydrogens (tertiary/aromatic N) is 3. The third kappa shape index (κ3) is 2.72. The molecule has 0 unspecified atom stereocenters. The average molecular weight is 234 g/mol. The van der Waals surface area contributed by atoms with E-state index in [-0.39, 0.29) is 5.54 Å². The maximum atomic E-state index is 11.6. The predicted molar refractivity (Wildman–Crippen MR) is 62.4 cm³/mol. The van der Waals surface area contributed by atoms with E-state index in [0.29, 0.717) is 11.2 Å². The van der Waals surface area contributed by atoms with E-state index in [0.717, 1.165) is 0 Å². The van der Waals surface area contributed by atoms with Gasteiger partial charge in [-0.25, -0.2) is 14.8 Å². The first-order chi connectivity index (χ1) is 7.96. The minimum absolute atomic E-state index is 0.346. The maximum absolute atomic E-state index is 11.6. The second-order valence-corrected chi connectivity index (χ2v) is 4.67. The van der Waals surface area contributed by atoms with Gasteiger partial charge in [-0.15, -0.1) is 4.73 Å². The van der Waals surface area contributed by atoms with Crippen LogP contribution in [0.4, 0.5) is 4.79 Å². The second kappa shape index (κ2) is 4.04. The molecule has 90 valence electrons. The van der Waals surface area contributed by atoms with Gasteiger partial charge in [0.05, 0.1) is 0 Å². The molecule has 0 fully saturated rings. The van der Waals surface area contributed by atoms with Crippen LogP contribution in [0.5, 0.6) is 0 Å². The van der Waals surface area contributed by atoms with Gasteiger partial charge < -0.3 is 10.2 Å². The molecule has 2 heterocycles. The van der Waals surface area contributed by atoms with Gasteiger partial charge in [-0.3, -0.25) is 0 Å². The molecule has 0 radical (unpaired) electrons. The first-order valence-corrected chi connectivity index (χ1v) is 5.24. The summed E-state index contributed by atoms with van der Waals surface area (Å²) < 4.78 is 1.25. The van der Waals surface area contributed by atoms with Crippen LogP contribution in [0, 0.1) is 0 Å². The Morgan fingerprint density at radius 3 is 2.88 bits per heavy atom. The number of pyridine rings is 1. The van der Waals surface area contributed by atoms with E-state index < -0.39 is 6.09 Å². The third-order valence-corrected chi connectivity index (χ3v) is 1.93. The Kier molecular flexibility index (Phi) is 2.71. The first kappa shape index (κ1) is 11.4. The van der Waals surface area contributed by atoms with E-state index in [1.165, 1.54) is 11.1 Å². The zero-order chi connectivity index (χ0) is 12.5. The van der Waals surface area contributed by atoms with Crippen LogP contribution in [0.15, 0.2) is 24.7 Å². The molecule has 0 saturated heterocycles. The molecular formula is C11H14N4O2. The molecule has 0 saturated carbocycles. The van der Waals surface area contributed by atoms with Gasteiger partial charge in [0.25, 0.3) is 0 Å². The highest BCUT2D eigenvalue weighted by molar-refractivity contribution is 5.72. The molecule has 2 aromatic heterocycles. The van der Waals surface area contributed by atoms with Crippen molar-refractivity contribution in [3.8, 4) is 0 Å². The van der Waals surface area contributed by atoms with E-state index in [4.69, 9.17) is 4.84 Å². The van der Waals surface area contributed by atoms with Crippen LogP contribution < -0.4 is 10.2 Å². The van der Waals surface area contributed by atoms with Gasteiger partial charge in [0.2, 0.25) is 0 Å². The number of amides is 1.